The van der Waals surface area contributed by atoms with E-state index in [2.05, 4.69) is 36.5 Å². The van der Waals surface area contributed by atoms with Gasteiger partial charge in [0.1, 0.15) is 0 Å². The van der Waals surface area contributed by atoms with Crippen molar-refractivity contribution in [3.8, 4) is 0 Å². The fraction of sp³-hybridized carbons (Fsp3) is 0.500. The molecule has 1 N–H and O–H groups in total. The summed E-state index contributed by atoms with van der Waals surface area (Å²) in [6.07, 6.45) is 3.75. The lowest BCUT2D eigenvalue weighted by Gasteiger charge is -2.12. The standard InChI is InChI=1S/C12H17N/c1-2-9-13-12-8-7-10-5-3-4-6-11(10)12/h3-6,12-13H,2,7-9H2,1H3/t12-/m1/s1. The number of hydrogen-bond donors (Lipinski definition) is 1. The van der Waals surface area contributed by atoms with Gasteiger partial charge in [0.2, 0.25) is 0 Å². The molecule has 1 atom stereocenters. The van der Waals surface area contributed by atoms with Gasteiger partial charge >= 0.3 is 0 Å². The molecule has 0 radical (unpaired) electrons. The molecule has 0 aromatic heterocycles. The number of benzene rings is 1. The second-order valence-corrected chi connectivity index (χ2v) is 3.74. The van der Waals surface area contributed by atoms with Crippen LogP contribution in [-0.2, 0) is 6.42 Å². The molecule has 0 bridgehead atoms. The van der Waals surface area contributed by atoms with Crippen LogP contribution in [0.25, 0.3) is 0 Å². The Morgan fingerprint density at radius 3 is 3.08 bits per heavy atom. The molecule has 0 saturated heterocycles. The van der Waals surface area contributed by atoms with Crippen LogP contribution in [0.4, 0.5) is 0 Å². The summed E-state index contributed by atoms with van der Waals surface area (Å²) in [7, 11) is 0. The Bertz CT molecular complexity index is 280. The molecule has 1 heteroatoms. The summed E-state index contributed by atoms with van der Waals surface area (Å²) in [5.41, 5.74) is 3.06. The second-order valence-electron chi connectivity index (χ2n) is 3.74. The highest BCUT2D eigenvalue weighted by atomic mass is 14.9. The Balaban J connectivity index is 2.09. The van der Waals surface area contributed by atoms with Gasteiger partial charge in [-0.2, -0.15) is 0 Å². The van der Waals surface area contributed by atoms with Crippen LogP contribution >= 0.6 is 0 Å². The topological polar surface area (TPSA) is 12.0 Å². The van der Waals surface area contributed by atoms with Crippen LogP contribution in [-0.4, -0.2) is 6.54 Å². The summed E-state index contributed by atoms with van der Waals surface area (Å²) >= 11 is 0. The van der Waals surface area contributed by atoms with E-state index < -0.39 is 0 Å². The molecule has 0 amide bonds. The van der Waals surface area contributed by atoms with E-state index in [0.29, 0.717) is 6.04 Å². The molecule has 13 heavy (non-hydrogen) atoms. The van der Waals surface area contributed by atoms with Gasteiger partial charge in [0.25, 0.3) is 0 Å². The molecule has 0 unspecified atom stereocenters. The van der Waals surface area contributed by atoms with Gasteiger partial charge in [-0.1, -0.05) is 31.2 Å². The van der Waals surface area contributed by atoms with Crippen LogP contribution in [0.2, 0.25) is 0 Å². The van der Waals surface area contributed by atoms with Crippen LogP contribution in [0.1, 0.15) is 36.9 Å². The minimum Gasteiger partial charge on any atom is -0.310 e. The van der Waals surface area contributed by atoms with E-state index in [1.807, 2.05) is 0 Å². The largest absolute Gasteiger partial charge is 0.310 e. The van der Waals surface area contributed by atoms with Crippen molar-refractivity contribution in [3.05, 3.63) is 35.4 Å². The maximum atomic E-state index is 3.59. The van der Waals surface area contributed by atoms with Gasteiger partial charge in [-0.05, 0) is 36.9 Å². The highest BCUT2D eigenvalue weighted by Crippen LogP contribution is 2.30. The number of nitrogens with one attached hydrogen (secondary N) is 1. The predicted molar refractivity (Wildman–Crippen MR) is 55.8 cm³/mol. The van der Waals surface area contributed by atoms with Crippen molar-refractivity contribution in [3.63, 3.8) is 0 Å². The van der Waals surface area contributed by atoms with Gasteiger partial charge in [-0.15, -0.1) is 0 Å². The first-order chi connectivity index (χ1) is 6.42. The molecular formula is C12H17N. The lowest BCUT2D eigenvalue weighted by molar-refractivity contribution is 0.529. The zero-order valence-corrected chi connectivity index (χ0v) is 8.22. The van der Waals surface area contributed by atoms with E-state index in [9.17, 15) is 0 Å². The minimum absolute atomic E-state index is 0.621. The van der Waals surface area contributed by atoms with Crippen LogP contribution in [0.15, 0.2) is 24.3 Å². The lowest BCUT2D eigenvalue weighted by atomic mass is 10.1. The molecule has 2 rings (SSSR count). The maximum absolute atomic E-state index is 3.59. The van der Waals surface area contributed by atoms with Crippen molar-refractivity contribution in [2.45, 2.75) is 32.2 Å². The van der Waals surface area contributed by atoms with Gasteiger partial charge in [-0.25, -0.2) is 0 Å². The Labute approximate surface area is 80.2 Å². The molecule has 70 valence electrons. The zero-order chi connectivity index (χ0) is 9.10. The summed E-state index contributed by atoms with van der Waals surface area (Å²) in [4.78, 5) is 0. The monoisotopic (exact) mass is 175 g/mol. The van der Waals surface area contributed by atoms with Crippen molar-refractivity contribution in [2.75, 3.05) is 6.54 Å². The fourth-order valence-electron chi connectivity index (χ4n) is 2.09. The van der Waals surface area contributed by atoms with Crippen molar-refractivity contribution < 1.29 is 0 Å². The molecule has 0 aliphatic heterocycles. The third-order valence-electron chi connectivity index (χ3n) is 2.77. The second kappa shape index (κ2) is 3.93. The van der Waals surface area contributed by atoms with Crippen molar-refractivity contribution in [1.82, 2.24) is 5.32 Å². The van der Waals surface area contributed by atoms with Gasteiger partial charge in [0.15, 0.2) is 0 Å². The molecule has 1 nitrogen and oxygen atoms in total. The number of fused-ring (bicyclic) bond motifs is 1. The molecule has 1 aliphatic carbocycles. The first-order valence-corrected chi connectivity index (χ1v) is 5.23. The Morgan fingerprint density at radius 1 is 1.38 bits per heavy atom. The number of rotatable bonds is 3. The number of aryl methyl sites for hydroxylation is 1. The normalized spacial score (nSPS) is 20.2. The predicted octanol–water partition coefficient (Wildman–Crippen LogP) is 2.67. The summed E-state index contributed by atoms with van der Waals surface area (Å²) in [5.74, 6) is 0. The minimum atomic E-state index is 0.621. The maximum Gasteiger partial charge on any atom is 0.0326 e. The molecule has 1 aliphatic rings. The van der Waals surface area contributed by atoms with Gasteiger partial charge in [0.05, 0.1) is 0 Å². The average Bonchev–Trinajstić information content (AvgIpc) is 2.58. The Hall–Kier alpha value is -0.820. The van der Waals surface area contributed by atoms with E-state index in [0.717, 1.165) is 6.54 Å². The van der Waals surface area contributed by atoms with Gasteiger partial charge < -0.3 is 5.32 Å². The zero-order valence-electron chi connectivity index (χ0n) is 8.22. The van der Waals surface area contributed by atoms with Crippen molar-refractivity contribution in [2.24, 2.45) is 0 Å². The molecule has 1 aromatic rings. The third-order valence-corrected chi connectivity index (χ3v) is 2.77. The third kappa shape index (κ3) is 1.75. The molecule has 0 fully saturated rings. The Morgan fingerprint density at radius 2 is 2.23 bits per heavy atom. The van der Waals surface area contributed by atoms with Gasteiger partial charge in [-0.3, -0.25) is 0 Å². The smallest absolute Gasteiger partial charge is 0.0326 e. The molecule has 0 heterocycles. The molecule has 1 aromatic carbocycles. The average molecular weight is 175 g/mol. The van der Waals surface area contributed by atoms with E-state index in [1.54, 1.807) is 0 Å². The summed E-state index contributed by atoms with van der Waals surface area (Å²) in [6.45, 7) is 3.35. The van der Waals surface area contributed by atoms with Crippen LogP contribution in [0.5, 0.6) is 0 Å². The van der Waals surface area contributed by atoms with Crippen LogP contribution in [0, 0.1) is 0 Å². The first-order valence-electron chi connectivity index (χ1n) is 5.23. The number of hydrogen-bond acceptors (Lipinski definition) is 1. The molecule has 0 spiro atoms. The van der Waals surface area contributed by atoms with Crippen LogP contribution < -0.4 is 5.32 Å². The summed E-state index contributed by atoms with van der Waals surface area (Å²) < 4.78 is 0. The van der Waals surface area contributed by atoms with Crippen LogP contribution in [0.3, 0.4) is 0 Å². The Kier molecular flexibility index (Phi) is 2.65. The molecule has 0 saturated carbocycles. The SMILES string of the molecule is CCCN[C@@H]1CCc2ccccc21. The van der Waals surface area contributed by atoms with E-state index >= 15 is 0 Å². The lowest BCUT2D eigenvalue weighted by Crippen LogP contribution is -2.19. The van der Waals surface area contributed by atoms with E-state index in [4.69, 9.17) is 0 Å². The van der Waals surface area contributed by atoms with Gasteiger partial charge in [0, 0.05) is 6.04 Å². The van der Waals surface area contributed by atoms with E-state index in [1.165, 1.54) is 30.4 Å². The quantitative estimate of drug-likeness (QED) is 0.744. The van der Waals surface area contributed by atoms with E-state index in [-0.39, 0.29) is 0 Å². The highest BCUT2D eigenvalue weighted by molar-refractivity contribution is 5.34. The summed E-state index contributed by atoms with van der Waals surface area (Å²) in [5, 5.41) is 3.59. The molecular weight excluding hydrogens is 158 g/mol. The highest BCUT2D eigenvalue weighted by Gasteiger charge is 2.20. The van der Waals surface area contributed by atoms with Crippen molar-refractivity contribution in [1.29, 1.82) is 0 Å². The van der Waals surface area contributed by atoms with Crippen molar-refractivity contribution >= 4 is 0 Å². The fourth-order valence-corrected chi connectivity index (χ4v) is 2.09. The first kappa shape index (κ1) is 8.76. The summed E-state index contributed by atoms with van der Waals surface area (Å²) in [6, 6.07) is 9.42.